The number of rotatable bonds is 6. The van der Waals surface area contributed by atoms with Gasteiger partial charge in [0.25, 0.3) is 0 Å². The molecular formula is C15H23FN2O2. The monoisotopic (exact) mass is 282 g/mol. The molecule has 4 nitrogen and oxygen atoms in total. The third-order valence-electron chi connectivity index (χ3n) is 3.87. The fourth-order valence-electron chi connectivity index (χ4n) is 2.76. The third-order valence-corrected chi connectivity index (χ3v) is 3.87. The van der Waals surface area contributed by atoms with E-state index < -0.39 is 0 Å². The number of hydrogen-bond donors (Lipinski definition) is 2. The Labute approximate surface area is 119 Å². The lowest BCUT2D eigenvalue weighted by Gasteiger charge is -2.41. The van der Waals surface area contributed by atoms with Crippen LogP contribution in [0.1, 0.15) is 12.0 Å². The molecule has 0 amide bonds. The molecule has 0 aliphatic carbocycles. The first-order chi connectivity index (χ1) is 9.72. The van der Waals surface area contributed by atoms with Crippen molar-refractivity contribution in [3.8, 4) is 0 Å². The molecule has 1 saturated heterocycles. The minimum absolute atomic E-state index is 0.164. The van der Waals surface area contributed by atoms with Crippen LogP contribution in [0, 0.1) is 5.82 Å². The molecule has 0 saturated carbocycles. The molecule has 0 radical (unpaired) electrons. The maximum absolute atomic E-state index is 12.9. The second kappa shape index (κ2) is 7.69. The summed E-state index contributed by atoms with van der Waals surface area (Å²) in [5.74, 6) is -0.214. The minimum Gasteiger partial charge on any atom is -0.396 e. The van der Waals surface area contributed by atoms with Crippen molar-refractivity contribution in [2.24, 2.45) is 0 Å². The molecule has 1 atom stereocenters. The second-order valence-electron chi connectivity index (χ2n) is 5.29. The standard InChI is InChI=1S/C15H23FN2O2/c16-14-3-1-13(2-4-14)11-18-7-6-17(8-10-20)12-15(18)5-9-19/h1-4,15,19-20H,5-12H2. The van der Waals surface area contributed by atoms with Crippen LogP contribution in [-0.2, 0) is 6.54 Å². The maximum Gasteiger partial charge on any atom is 0.123 e. The van der Waals surface area contributed by atoms with Crippen LogP contribution in [0.5, 0.6) is 0 Å². The zero-order valence-corrected chi connectivity index (χ0v) is 11.7. The van der Waals surface area contributed by atoms with Gasteiger partial charge in [-0.1, -0.05) is 12.1 Å². The van der Waals surface area contributed by atoms with E-state index >= 15 is 0 Å². The Morgan fingerprint density at radius 2 is 1.85 bits per heavy atom. The molecule has 2 rings (SSSR count). The van der Waals surface area contributed by atoms with Crippen molar-refractivity contribution in [1.29, 1.82) is 0 Å². The molecule has 1 unspecified atom stereocenters. The molecule has 112 valence electrons. The molecule has 1 fully saturated rings. The fraction of sp³-hybridized carbons (Fsp3) is 0.600. The first-order valence-electron chi connectivity index (χ1n) is 7.15. The van der Waals surface area contributed by atoms with Crippen molar-refractivity contribution in [2.45, 2.75) is 19.0 Å². The zero-order chi connectivity index (χ0) is 14.4. The summed E-state index contributed by atoms with van der Waals surface area (Å²) in [4.78, 5) is 4.55. The van der Waals surface area contributed by atoms with E-state index in [-0.39, 0.29) is 25.1 Å². The quantitative estimate of drug-likeness (QED) is 0.806. The van der Waals surface area contributed by atoms with Gasteiger partial charge >= 0.3 is 0 Å². The highest BCUT2D eigenvalue weighted by Gasteiger charge is 2.26. The van der Waals surface area contributed by atoms with Gasteiger partial charge in [-0.05, 0) is 24.1 Å². The lowest BCUT2D eigenvalue weighted by molar-refractivity contribution is 0.0455. The number of benzene rings is 1. The molecule has 5 heteroatoms. The summed E-state index contributed by atoms with van der Waals surface area (Å²) < 4.78 is 12.9. The third kappa shape index (κ3) is 4.24. The van der Waals surface area contributed by atoms with Gasteiger partial charge in [0.1, 0.15) is 5.82 Å². The Hall–Kier alpha value is -1.01. The normalized spacial score (nSPS) is 21.2. The van der Waals surface area contributed by atoms with Crippen molar-refractivity contribution < 1.29 is 14.6 Å². The Balaban J connectivity index is 1.96. The van der Waals surface area contributed by atoms with Gasteiger partial charge in [-0.3, -0.25) is 9.80 Å². The van der Waals surface area contributed by atoms with Crippen LogP contribution in [0.15, 0.2) is 24.3 Å². The van der Waals surface area contributed by atoms with Gasteiger partial charge in [0.2, 0.25) is 0 Å². The van der Waals surface area contributed by atoms with Crippen LogP contribution in [0.2, 0.25) is 0 Å². The highest BCUT2D eigenvalue weighted by molar-refractivity contribution is 5.16. The van der Waals surface area contributed by atoms with E-state index in [1.165, 1.54) is 12.1 Å². The number of β-amino-alcohol motifs (C(OH)–C–C–N with tert-alkyl or cyclic N) is 1. The first kappa shape index (κ1) is 15.4. The average Bonchev–Trinajstić information content (AvgIpc) is 2.45. The molecule has 1 aliphatic rings. The molecule has 0 aromatic heterocycles. The summed E-state index contributed by atoms with van der Waals surface area (Å²) in [5.41, 5.74) is 1.09. The van der Waals surface area contributed by atoms with E-state index in [0.29, 0.717) is 6.54 Å². The van der Waals surface area contributed by atoms with Crippen LogP contribution < -0.4 is 0 Å². The molecule has 20 heavy (non-hydrogen) atoms. The topological polar surface area (TPSA) is 46.9 Å². The van der Waals surface area contributed by atoms with E-state index in [1.54, 1.807) is 0 Å². The van der Waals surface area contributed by atoms with Crippen LogP contribution in [0.25, 0.3) is 0 Å². The van der Waals surface area contributed by atoms with Gasteiger partial charge in [-0.15, -0.1) is 0 Å². The molecule has 1 aromatic carbocycles. The highest BCUT2D eigenvalue weighted by Crippen LogP contribution is 2.16. The molecule has 1 heterocycles. The van der Waals surface area contributed by atoms with E-state index in [0.717, 1.165) is 38.2 Å². The number of aliphatic hydroxyl groups is 2. The van der Waals surface area contributed by atoms with Crippen molar-refractivity contribution >= 4 is 0 Å². The van der Waals surface area contributed by atoms with Crippen molar-refractivity contribution in [3.05, 3.63) is 35.6 Å². The zero-order valence-electron chi connectivity index (χ0n) is 11.7. The Morgan fingerprint density at radius 3 is 2.50 bits per heavy atom. The minimum atomic E-state index is -0.214. The number of piperazine rings is 1. The maximum atomic E-state index is 12.9. The summed E-state index contributed by atoms with van der Waals surface area (Å²) in [5, 5.41) is 18.2. The van der Waals surface area contributed by atoms with E-state index in [9.17, 15) is 9.50 Å². The van der Waals surface area contributed by atoms with Crippen molar-refractivity contribution in [1.82, 2.24) is 9.80 Å². The fourth-order valence-corrected chi connectivity index (χ4v) is 2.76. The van der Waals surface area contributed by atoms with Gasteiger partial charge in [-0.25, -0.2) is 4.39 Å². The molecule has 2 N–H and O–H groups in total. The van der Waals surface area contributed by atoms with Gasteiger partial charge < -0.3 is 10.2 Å². The number of hydrogen-bond acceptors (Lipinski definition) is 4. The largest absolute Gasteiger partial charge is 0.396 e. The van der Waals surface area contributed by atoms with Crippen molar-refractivity contribution in [3.63, 3.8) is 0 Å². The lowest BCUT2D eigenvalue weighted by Crippen LogP contribution is -2.53. The SMILES string of the molecule is OCCC1CN(CCO)CCN1Cc1ccc(F)cc1. The summed E-state index contributed by atoms with van der Waals surface area (Å²) in [6.45, 7) is 4.49. The summed E-state index contributed by atoms with van der Waals surface area (Å²) in [6, 6.07) is 6.87. The highest BCUT2D eigenvalue weighted by atomic mass is 19.1. The number of nitrogens with zero attached hydrogens (tertiary/aromatic N) is 2. The van der Waals surface area contributed by atoms with Gasteiger partial charge in [0, 0.05) is 45.4 Å². The van der Waals surface area contributed by atoms with Crippen LogP contribution in [0.3, 0.4) is 0 Å². The van der Waals surface area contributed by atoms with Gasteiger partial charge in [0.15, 0.2) is 0 Å². The summed E-state index contributed by atoms with van der Waals surface area (Å²) >= 11 is 0. The van der Waals surface area contributed by atoms with Crippen LogP contribution in [-0.4, -0.2) is 65.4 Å². The average molecular weight is 282 g/mol. The Kier molecular flexibility index (Phi) is 5.91. The predicted molar refractivity (Wildman–Crippen MR) is 75.8 cm³/mol. The van der Waals surface area contributed by atoms with E-state index in [1.807, 2.05) is 12.1 Å². The Bertz CT molecular complexity index is 399. The van der Waals surface area contributed by atoms with Crippen molar-refractivity contribution in [2.75, 3.05) is 39.4 Å². The summed E-state index contributed by atoms with van der Waals surface area (Å²) in [6.07, 6.45) is 0.725. The number of halogens is 1. The summed E-state index contributed by atoms with van der Waals surface area (Å²) in [7, 11) is 0. The smallest absolute Gasteiger partial charge is 0.123 e. The van der Waals surface area contributed by atoms with Gasteiger partial charge in [-0.2, -0.15) is 0 Å². The molecule has 0 spiro atoms. The predicted octanol–water partition coefficient (Wildman–Crippen LogP) is 0.687. The number of aliphatic hydroxyl groups excluding tert-OH is 2. The second-order valence-corrected chi connectivity index (χ2v) is 5.29. The Morgan fingerprint density at radius 1 is 1.10 bits per heavy atom. The molecule has 0 bridgehead atoms. The first-order valence-corrected chi connectivity index (χ1v) is 7.15. The van der Waals surface area contributed by atoms with E-state index in [4.69, 9.17) is 5.11 Å². The van der Waals surface area contributed by atoms with Gasteiger partial charge in [0.05, 0.1) is 6.61 Å². The van der Waals surface area contributed by atoms with E-state index in [2.05, 4.69) is 9.80 Å². The molecule has 1 aromatic rings. The molecular weight excluding hydrogens is 259 g/mol. The van der Waals surface area contributed by atoms with Crippen LogP contribution >= 0.6 is 0 Å². The lowest BCUT2D eigenvalue weighted by atomic mass is 10.1. The molecule has 1 aliphatic heterocycles. The van der Waals surface area contributed by atoms with Crippen LogP contribution in [0.4, 0.5) is 4.39 Å².